The summed E-state index contributed by atoms with van der Waals surface area (Å²) < 4.78 is 26.1. The van der Waals surface area contributed by atoms with Gasteiger partial charge in [-0.15, -0.1) is 0 Å². The van der Waals surface area contributed by atoms with E-state index in [2.05, 4.69) is 58.1 Å². The van der Waals surface area contributed by atoms with Crippen molar-refractivity contribution in [1.82, 2.24) is 9.62 Å². The molecule has 132 valence electrons. The SMILES string of the molecule is C[C@@H]1N=C(C(C)(C)C)N2C[C@@H](NS(C)(=O)=O)CC2=C1C(C)(C)C. The van der Waals surface area contributed by atoms with E-state index >= 15 is 0 Å². The average Bonchev–Trinajstić information content (AvgIpc) is 2.63. The van der Waals surface area contributed by atoms with E-state index in [9.17, 15) is 8.42 Å². The minimum Gasteiger partial charge on any atom is -0.332 e. The maximum Gasteiger partial charge on any atom is 0.209 e. The third-order valence-corrected chi connectivity index (χ3v) is 5.09. The fraction of sp³-hybridized carbons (Fsp3) is 0.824. The minimum atomic E-state index is -3.21. The van der Waals surface area contributed by atoms with Crippen molar-refractivity contribution < 1.29 is 8.42 Å². The van der Waals surface area contributed by atoms with E-state index in [1.165, 1.54) is 17.5 Å². The van der Waals surface area contributed by atoms with Gasteiger partial charge in [0.05, 0.1) is 12.3 Å². The molecule has 0 aromatic carbocycles. The van der Waals surface area contributed by atoms with Gasteiger partial charge < -0.3 is 4.90 Å². The summed E-state index contributed by atoms with van der Waals surface area (Å²) in [4.78, 5) is 7.24. The molecule has 0 aromatic rings. The van der Waals surface area contributed by atoms with Crippen molar-refractivity contribution in [1.29, 1.82) is 0 Å². The second-order valence-corrected chi connectivity index (χ2v) is 10.7. The zero-order valence-corrected chi connectivity index (χ0v) is 16.5. The van der Waals surface area contributed by atoms with Crippen molar-refractivity contribution in [2.75, 3.05) is 12.8 Å². The van der Waals surface area contributed by atoms with E-state index in [-0.39, 0.29) is 22.9 Å². The standard InChI is InChI=1S/C17H31N3O2S/c1-11-14(16(2,3)4)13-9-12(19-23(8,21)22)10-20(13)15(18-11)17(5,6)7/h11-12,19H,9-10H2,1-8H3/t11-,12-/m0/s1. The Bertz CT molecular complexity index is 648. The molecular formula is C17H31N3O2S. The summed E-state index contributed by atoms with van der Waals surface area (Å²) in [6, 6.07) is 0.0441. The Morgan fingerprint density at radius 2 is 1.70 bits per heavy atom. The minimum absolute atomic E-state index is 0.0138. The van der Waals surface area contributed by atoms with Crippen LogP contribution in [0.2, 0.25) is 0 Å². The molecule has 0 saturated carbocycles. The van der Waals surface area contributed by atoms with Gasteiger partial charge in [-0.2, -0.15) is 0 Å². The number of amidine groups is 1. The summed E-state index contributed by atoms with van der Waals surface area (Å²) in [6.45, 7) is 15.9. The normalized spacial score (nSPS) is 26.4. The predicted molar refractivity (Wildman–Crippen MR) is 95.9 cm³/mol. The fourth-order valence-electron chi connectivity index (χ4n) is 3.81. The Hall–Kier alpha value is -0.880. The van der Waals surface area contributed by atoms with Gasteiger partial charge >= 0.3 is 0 Å². The van der Waals surface area contributed by atoms with Crippen molar-refractivity contribution in [2.24, 2.45) is 15.8 Å². The summed E-state index contributed by atoms with van der Waals surface area (Å²) in [5, 5.41) is 0. The molecule has 1 fully saturated rings. The molecule has 0 radical (unpaired) electrons. The van der Waals surface area contributed by atoms with Crippen molar-refractivity contribution in [3.63, 3.8) is 0 Å². The van der Waals surface area contributed by atoms with E-state index in [0.717, 1.165) is 12.3 Å². The number of fused-ring (bicyclic) bond motifs is 1. The molecule has 0 spiro atoms. The zero-order chi connectivity index (χ0) is 17.8. The average molecular weight is 342 g/mol. The Labute approximate surface area is 141 Å². The molecule has 0 aromatic heterocycles. The Morgan fingerprint density at radius 3 is 2.13 bits per heavy atom. The van der Waals surface area contributed by atoms with E-state index < -0.39 is 10.0 Å². The van der Waals surface area contributed by atoms with E-state index in [1.54, 1.807) is 0 Å². The number of nitrogens with one attached hydrogen (secondary N) is 1. The van der Waals surface area contributed by atoms with Crippen LogP contribution in [0, 0.1) is 10.8 Å². The first-order chi connectivity index (χ1) is 10.2. The van der Waals surface area contributed by atoms with Crippen LogP contribution >= 0.6 is 0 Å². The number of aliphatic imine (C=N–C) groups is 1. The molecule has 0 amide bonds. The summed E-state index contributed by atoms with van der Waals surface area (Å²) in [5.41, 5.74) is 2.53. The first-order valence-electron chi connectivity index (χ1n) is 8.27. The topological polar surface area (TPSA) is 61.8 Å². The molecule has 1 N–H and O–H groups in total. The van der Waals surface area contributed by atoms with Crippen molar-refractivity contribution >= 4 is 15.9 Å². The maximum absolute atomic E-state index is 11.6. The highest BCUT2D eigenvalue weighted by molar-refractivity contribution is 7.88. The summed E-state index contributed by atoms with van der Waals surface area (Å²) in [5.74, 6) is 1.06. The highest BCUT2D eigenvalue weighted by Gasteiger charge is 2.42. The molecule has 0 bridgehead atoms. The lowest BCUT2D eigenvalue weighted by molar-refractivity contribution is 0.393. The predicted octanol–water partition coefficient (Wildman–Crippen LogP) is 2.76. The van der Waals surface area contributed by atoms with Crippen LogP contribution in [0.25, 0.3) is 0 Å². The highest BCUT2D eigenvalue weighted by atomic mass is 32.2. The number of hydrogen-bond donors (Lipinski definition) is 1. The van der Waals surface area contributed by atoms with Crippen LogP contribution in [-0.2, 0) is 10.0 Å². The summed E-state index contributed by atoms with van der Waals surface area (Å²) in [6.07, 6.45) is 1.96. The first-order valence-corrected chi connectivity index (χ1v) is 10.2. The zero-order valence-electron chi connectivity index (χ0n) is 15.7. The molecular weight excluding hydrogens is 310 g/mol. The smallest absolute Gasteiger partial charge is 0.209 e. The van der Waals surface area contributed by atoms with Crippen molar-refractivity contribution in [3.05, 3.63) is 11.3 Å². The lowest BCUT2D eigenvalue weighted by Crippen LogP contribution is -2.44. The van der Waals surface area contributed by atoms with Gasteiger partial charge in [-0.1, -0.05) is 41.5 Å². The molecule has 6 heteroatoms. The highest BCUT2D eigenvalue weighted by Crippen LogP contribution is 2.42. The van der Waals surface area contributed by atoms with Crippen LogP contribution in [0.3, 0.4) is 0 Å². The maximum atomic E-state index is 11.6. The molecule has 23 heavy (non-hydrogen) atoms. The number of rotatable bonds is 2. The largest absolute Gasteiger partial charge is 0.332 e. The number of nitrogens with zero attached hydrogens (tertiary/aromatic N) is 2. The van der Waals surface area contributed by atoms with Gasteiger partial charge in [-0.25, -0.2) is 13.1 Å². The van der Waals surface area contributed by atoms with Crippen molar-refractivity contribution in [2.45, 2.75) is 67.0 Å². The molecule has 0 aliphatic carbocycles. The molecule has 2 aliphatic rings. The molecule has 5 nitrogen and oxygen atoms in total. The van der Waals surface area contributed by atoms with Crippen LogP contribution < -0.4 is 4.72 Å². The number of hydrogen-bond acceptors (Lipinski definition) is 4. The van der Waals surface area contributed by atoms with Gasteiger partial charge in [0, 0.05) is 30.1 Å². The third kappa shape index (κ3) is 3.97. The fourth-order valence-corrected chi connectivity index (χ4v) is 4.57. The lowest BCUT2D eigenvalue weighted by Gasteiger charge is -2.41. The molecule has 0 unspecified atom stereocenters. The van der Waals surface area contributed by atoms with E-state index in [1.807, 2.05) is 0 Å². The van der Waals surface area contributed by atoms with Gasteiger partial charge in [0.2, 0.25) is 10.0 Å². The number of sulfonamides is 1. The van der Waals surface area contributed by atoms with Crippen molar-refractivity contribution in [3.8, 4) is 0 Å². The Balaban J connectivity index is 2.48. The van der Waals surface area contributed by atoms with Crippen LogP contribution in [0.1, 0.15) is 54.9 Å². The van der Waals surface area contributed by atoms with Crippen LogP contribution in [0.5, 0.6) is 0 Å². The monoisotopic (exact) mass is 341 g/mol. The Kier molecular flexibility index (Phi) is 4.48. The second-order valence-electron chi connectivity index (χ2n) is 8.89. The second kappa shape index (κ2) is 5.59. The lowest BCUT2D eigenvalue weighted by atomic mass is 9.79. The third-order valence-electron chi connectivity index (χ3n) is 4.33. The molecule has 2 aliphatic heterocycles. The molecule has 2 heterocycles. The van der Waals surface area contributed by atoms with Crippen LogP contribution in [0.4, 0.5) is 0 Å². The van der Waals surface area contributed by atoms with E-state index in [4.69, 9.17) is 4.99 Å². The van der Waals surface area contributed by atoms with Gasteiger partial charge in [-0.05, 0) is 17.9 Å². The van der Waals surface area contributed by atoms with Gasteiger partial charge in [0.1, 0.15) is 5.84 Å². The van der Waals surface area contributed by atoms with Gasteiger partial charge in [0.15, 0.2) is 0 Å². The van der Waals surface area contributed by atoms with E-state index in [0.29, 0.717) is 6.54 Å². The molecule has 1 saturated heterocycles. The first kappa shape index (κ1) is 18.5. The summed E-state index contributed by atoms with van der Waals surface area (Å²) in [7, 11) is -3.21. The molecule has 2 rings (SSSR count). The van der Waals surface area contributed by atoms with Crippen LogP contribution in [0.15, 0.2) is 16.3 Å². The summed E-state index contributed by atoms with van der Waals surface area (Å²) >= 11 is 0. The molecule has 2 atom stereocenters. The van der Waals surface area contributed by atoms with Crippen LogP contribution in [-0.4, -0.2) is 44.0 Å². The van der Waals surface area contributed by atoms with Gasteiger partial charge in [0.25, 0.3) is 0 Å². The Morgan fingerprint density at radius 1 is 1.13 bits per heavy atom. The van der Waals surface area contributed by atoms with Gasteiger partial charge in [-0.3, -0.25) is 4.99 Å². The quantitative estimate of drug-likeness (QED) is 0.840.